The van der Waals surface area contributed by atoms with Gasteiger partial charge in [0, 0.05) is 7.05 Å². The van der Waals surface area contributed by atoms with E-state index in [4.69, 9.17) is 5.73 Å². The number of aryl methyl sites for hydroxylation is 1. The number of amides is 4. The van der Waals surface area contributed by atoms with E-state index in [1.54, 1.807) is 19.1 Å². The molecule has 1 rings (SSSR count). The van der Waals surface area contributed by atoms with Crippen molar-refractivity contribution in [1.29, 1.82) is 0 Å². The van der Waals surface area contributed by atoms with Gasteiger partial charge in [-0.15, -0.1) is 0 Å². The number of carbonyl (C=O) groups is 3. The molecule has 5 N–H and O–H groups in total. The van der Waals surface area contributed by atoms with Crippen molar-refractivity contribution in [1.82, 2.24) is 20.5 Å². The molecule has 0 saturated carbocycles. The number of rotatable bonds is 8. The van der Waals surface area contributed by atoms with Crippen LogP contribution in [0.4, 0.5) is 4.79 Å². The molecule has 10 nitrogen and oxygen atoms in total. The number of sulfonamides is 1. The van der Waals surface area contributed by atoms with Crippen LogP contribution in [0.25, 0.3) is 0 Å². The van der Waals surface area contributed by atoms with E-state index in [0.29, 0.717) is 6.42 Å². The Labute approximate surface area is 164 Å². The van der Waals surface area contributed by atoms with Gasteiger partial charge in [0.05, 0.1) is 11.4 Å². The first-order chi connectivity index (χ1) is 13.0. The van der Waals surface area contributed by atoms with Gasteiger partial charge in [-0.3, -0.25) is 20.4 Å². The summed E-state index contributed by atoms with van der Waals surface area (Å²) in [7, 11) is -2.60. The molecule has 1 aromatic carbocycles. The highest BCUT2D eigenvalue weighted by atomic mass is 32.2. The van der Waals surface area contributed by atoms with Crippen LogP contribution in [0.15, 0.2) is 29.2 Å². The molecule has 0 fully saturated rings. The summed E-state index contributed by atoms with van der Waals surface area (Å²) in [6.07, 6.45) is 0.587. The van der Waals surface area contributed by atoms with Crippen LogP contribution in [0.5, 0.6) is 0 Å². The zero-order chi connectivity index (χ0) is 21.5. The van der Waals surface area contributed by atoms with E-state index < -0.39 is 40.5 Å². The quantitative estimate of drug-likeness (QED) is 0.437. The molecule has 0 radical (unpaired) electrons. The Bertz CT molecular complexity index is 810. The smallest absolute Gasteiger partial charge is 0.312 e. The minimum absolute atomic E-state index is 0.0555. The molecule has 1 aromatic rings. The van der Waals surface area contributed by atoms with E-state index in [9.17, 15) is 22.8 Å². The van der Waals surface area contributed by atoms with Gasteiger partial charge in [-0.2, -0.15) is 4.31 Å². The number of nitrogens with one attached hydrogen (secondary N) is 3. The Morgan fingerprint density at radius 2 is 1.71 bits per heavy atom. The summed E-state index contributed by atoms with van der Waals surface area (Å²) >= 11 is 0. The third kappa shape index (κ3) is 6.50. The summed E-state index contributed by atoms with van der Waals surface area (Å²) in [5.74, 6) is -1.63. The van der Waals surface area contributed by atoms with E-state index in [-0.39, 0.29) is 10.8 Å². The Balaban J connectivity index is 2.68. The number of carbonyl (C=O) groups excluding carboxylic acids is 3. The van der Waals surface area contributed by atoms with Crippen LogP contribution in [0, 0.1) is 12.8 Å². The maximum atomic E-state index is 12.5. The van der Waals surface area contributed by atoms with Crippen LogP contribution in [0.3, 0.4) is 0 Å². The molecule has 0 aliphatic rings. The molecule has 28 heavy (non-hydrogen) atoms. The summed E-state index contributed by atoms with van der Waals surface area (Å²) in [6, 6.07) is 4.41. The molecule has 0 heterocycles. The van der Waals surface area contributed by atoms with Crippen LogP contribution < -0.4 is 21.9 Å². The Morgan fingerprint density at radius 1 is 1.14 bits per heavy atom. The van der Waals surface area contributed by atoms with Crippen molar-refractivity contribution in [2.75, 3.05) is 13.6 Å². The van der Waals surface area contributed by atoms with Crippen LogP contribution in [0.2, 0.25) is 0 Å². The lowest BCUT2D eigenvalue weighted by molar-refractivity contribution is -0.130. The monoisotopic (exact) mass is 413 g/mol. The molecule has 156 valence electrons. The fourth-order valence-corrected chi connectivity index (χ4v) is 3.41. The van der Waals surface area contributed by atoms with E-state index in [1.807, 2.05) is 13.8 Å². The topological polar surface area (TPSA) is 151 Å². The summed E-state index contributed by atoms with van der Waals surface area (Å²) in [4.78, 5) is 35.3. The Kier molecular flexibility index (Phi) is 8.38. The number of urea groups is 1. The third-order valence-electron chi connectivity index (χ3n) is 4.21. The molecule has 0 spiro atoms. The lowest BCUT2D eigenvalue weighted by Crippen LogP contribution is -2.56. The number of benzene rings is 1. The first-order valence-corrected chi connectivity index (χ1v) is 10.1. The standard InChI is InChI=1S/C17H27N5O5S/c1-5-12(3)15(19-17(18)25)16(24)21-20-14(23)10-22(4)28(26,27)13-8-6-11(2)7-9-13/h6-9,12,15H,5,10H2,1-4H3,(H,20,23)(H,21,24)(H3,18,19,25). The number of hydrazine groups is 1. The molecular formula is C17H27N5O5S. The van der Waals surface area contributed by atoms with Gasteiger partial charge >= 0.3 is 6.03 Å². The Morgan fingerprint density at radius 3 is 2.21 bits per heavy atom. The van der Waals surface area contributed by atoms with E-state index in [2.05, 4.69) is 16.2 Å². The van der Waals surface area contributed by atoms with Gasteiger partial charge in [-0.25, -0.2) is 13.2 Å². The lowest BCUT2D eigenvalue weighted by Gasteiger charge is -2.23. The van der Waals surface area contributed by atoms with Crippen LogP contribution >= 0.6 is 0 Å². The zero-order valence-electron chi connectivity index (χ0n) is 16.4. The second kappa shape index (κ2) is 10.0. The van der Waals surface area contributed by atoms with Gasteiger partial charge < -0.3 is 11.1 Å². The second-order valence-electron chi connectivity index (χ2n) is 6.48. The van der Waals surface area contributed by atoms with E-state index in [1.165, 1.54) is 19.2 Å². The fourth-order valence-electron chi connectivity index (χ4n) is 2.28. The SMILES string of the molecule is CCC(C)C(NC(N)=O)C(=O)NNC(=O)CN(C)S(=O)(=O)c1ccc(C)cc1. The second-order valence-corrected chi connectivity index (χ2v) is 8.53. The van der Waals surface area contributed by atoms with Gasteiger partial charge in [0.2, 0.25) is 10.0 Å². The maximum Gasteiger partial charge on any atom is 0.312 e. The molecule has 0 bridgehead atoms. The molecule has 11 heteroatoms. The largest absolute Gasteiger partial charge is 0.352 e. The van der Waals surface area contributed by atoms with Crippen molar-refractivity contribution in [3.8, 4) is 0 Å². The number of likely N-dealkylation sites (N-methyl/N-ethyl adjacent to an activating group) is 1. The van der Waals surface area contributed by atoms with Crippen LogP contribution in [0.1, 0.15) is 25.8 Å². The van der Waals surface area contributed by atoms with Gasteiger partial charge in [0.15, 0.2) is 0 Å². The van der Waals surface area contributed by atoms with Gasteiger partial charge in [0.1, 0.15) is 6.04 Å². The number of primary amides is 1. The summed E-state index contributed by atoms with van der Waals surface area (Å²) in [6.45, 7) is 4.89. The van der Waals surface area contributed by atoms with E-state index >= 15 is 0 Å². The highest BCUT2D eigenvalue weighted by molar-refractivity contribution is 7.89. The molecule has 2 atom stereocenters. The third-order valence-corrected chi connectivity index (χ3v) is 6.03. The fraction of sp³-hybridized carbons (Fsp3) is 0.471. The molecule has 0 aliphatic heterocycles. The number of hydrogen-bond acceptors (Lipinski definition) is 5. The average Bonchev–Trinajstić information content (AvgIpc) is 2.63. The predicted molar refractivity (Wildman–Crippen MR) is 103 cm³/mol. The normalized spacial score (nSPS) is 13.5. The maximum absolute atomic E-state index is 12.5. The predicted octanol–water partition coefficient (Wildman–Crippen LogP) is -0.154. The molecule has 4 amide bonds. The van der Waals surface area contributed by atoms with Crippen molar-refractivity contribution >= 4 is 27.9 Å². The molecule has 0 saturated heterocycles. The molecule has 2 unspecified atom stereocenters. The van der Waals surface area contributed by atoms with Crippen molar-refractivity contribution in [2.24, 2.45) is 11.7 Å². The highest BCUT2D eigenvalue weighted by Gasteiger charge is 2.26. The first-order valence-electron chi connectivity index (χ1n) is 8.66. The van der Waals surface area contributed by atoms with Gasteiger partial charge in [-0.1, -0.05) is 38.0 Å². The first kappa shape index (κ1) is 23.4. The number of hydrogen-bond donors (Lipinski definition) is 4. The van der Waals surface area contributed by atoms with Crippen LogP contribution in [-0.4, -0.2) is 50.2 Å². The van der Waals surface area contributed by atoms with Crippen molar-refractivity contribution < 1.29 is 22.8 Å². The summed E-state index contributed by atoms with van der Waals surface area (Å²) < 4.78 is 25.8. The minimum Gasteiger partial charge on any atom is -0.352 e. The number of nitrogens with zero attached hydrogens (tertiary/aromatic N) is 1. The van der Waals surface area contributed by atoms with Crippen molar-refractivity contribution in [2.45, 2.75) is 38.1 Å². The Hall–Kier alpha value is -2.66. The van der Waals surface area contributed by atoms with Crippen molar-refractivity contribution in [3.63, 3.8) is 0 Å². The van der Waals surface area contributed by atoms with Crippen molar-refractivity contribution in [3.05, 3.63) is 29.8 Å². The van der Waals surface area contributed by atoms with Gasteiger partial charge in [-0.05, 0) is 25.0 Å². The van der Waals surface area contributed by atoms with E-state index in [0.717, 1.165) is 9.87 Å². The minimum atomic E-state index is -3.85. The number of nitrogens with two attached hydrogens (primary N) is 1. The molecular weight excluding hydrogens is 386 g/mol. The highest BCUT2D eigenvalue weighted by Crippen LogP contribution is 2.14. The summed E-state index contributed by atoms with van der Waals surface area (Å²) in [5, 5.41) is 2.31. The molecule has 0 aromatic heterocycles. The van der Waals surface area contributed by atoms with Gasteiger partial charge in [0.25, 0.3) is 11.8 Å². The van der Waals surface area contributed by atoms with Crippen LogP contribution in [-0.2, 0) is 19.6 Å². The summed E-state index contributed by atoms with van der Waals surface area (Å²) in [5.41, 5.74) is 10.3. The lowest BCUT2D eigenvalue weighted by atomic mass is 9.99. The average molecular weight is 414 g/mol. The molecule has 0 aliphatic carbocycles. The zero-order valence-corrected chi connectivity index (χ0v) is 17.2.